The molecule has 1 aromatic heterocycles. The van der Waals surface area contributed by atoms with E-state index in [2.05, 4.69) is 55.9 Å². The molecule has 13 heteroatoms. The summed E-state index contributed by atoms with van der Waals surface area (Å²) in [7, 11) is 1.63. The van der Waals surface area contributed by atoms with E-state index in [1.165, 1.54) is 4.90 Å². The third kappa shape index (κ3) is 9.36. The van der Waals surface area contributed by atoms with Crippen LogP contribution in [0.15, 0.2) is 59.1 Å². The zero-order valence-corrected chi connectivity index (χ0v) is 32.6. The van der Waals surface area contributed by atoms with Crippen LogP contribution in [0.3, 0.4) is 0 Å². The van der Waals surface area contributed by atoms with Gasteiger partial charge in [-0.15, -0.1) is 0 Å². The highest BCUT2D eigenvalue weighted by atomic mass is 79.9. The Labute approximate surface area is 323 Å². The van der Waals surface area contributed by atoms with Crippen LogP contribution in [0.25, 0.3) is 10.9 Å². The summed E-state index contributed by atoms with van der Waals surface area (Å²) in [6.45, 7) is 5.14. The van der Waals surface area contributed by atoms with Gasteiger partial charge in [-0.25, -0.2) is 9.97 Å². The molecule has 0 aliphatic carbocycles. The number of aryl methyl sites for hydroxylation is 1. The number of amides is 4. The van der Waals surface area contributed by atoms with Crippen molar-refractivity contribution in [1.29, 1.82) is 0 Å². The van der Waals surface area contributed by atoms with E-state index in [1.807, 2.05) is 37.3 Å². The smallest absolute Gasteiger partial charge is 0.255 e. The van der Waals surface area contributed by atoms with Crippen molar-refractivity contribution >= 4 is 56.3 Å². The average molecular weight is 800 g/mol. The Morgan fingerprint density at radius 3 is 2.56 bits per heavy atom. The van der Waals surface area contributed by atoms with Gasteiger partial charge in [-0.1, -0.05) is 65.9 Å². The second-order valence-electron chi connectivity index (χ2n) is 13.9. The van der Waals surface area contributed by atoms with Gasteiger partial charge in [0, 0.05) is 47.4 Å². The van der Waals surface area contributed by atoms with Gasteiger partial charge in [-0.05, 0) is 74.1 Å². The predicted octanol–water partition coefficient (Wildman–Crippen LogP) is 7.07. The summed E-state index contributed by atoms with van der Waals surface area (Å²) in [5, 5.41) is 9.73. The third-order valence-corrected chi connectivity index (χ3v) is 10.5. The lowest BCUT2D eigenvalue weighted by molar-refractivity contribution is -0.137. The van der Waals surface area contributed by atoms with Crippen LogP contribution in [0, 0.1) is 6.92 Å². The molecule has 3 N–H and O–H groups in total. The maximum atomic E-state index is 13.1. The maximum absolute atomic E-state index is 13.1. The second-order valence-corrected chi connectivity index (χ2v) is 14.8. The number of imide groups is 1. The van der Waals surface area contributed by atoms with E-state index in [1.54, 1.807) is 19.2 Å². The van der Waals surface area contributed by atoms with Crippen molar-refractivity contribution < 1.29 is 28.7 Å². The van der Waals surface area contributed by atoms with Gasteiger partial charge in [0.05, 0.1) is 25.3 Å². The lowest BCUT2D eigenvalue weighted by atomic mass is 10.0. The fraction of sp³-hybridized carbons (Fsp3) is 0.415. The summed E-state index contributed by atoms with van der Waals surface area (Å²) >= 11 is 3.56. The quantitative estimate of drug-likeness (QED) is 0.0753. The van der Waals surface area contributed by atoms with E-state index in [0.717, 1.165) is 76.4 Å². The normalized spacial score (nSPS) is 15.9. The van der Waals surface area contributed by atoms with E-state index < -0.39 is 11.9 Å². The molecule has 12 nitrogen and oxygen atoms in total. The van der Waals surface area contributed by atoms with Crippen LogP contribution in [-0.4, -0.2) is 58.3 Å². The minimum atomic E-state index is -0.666. The largest absolute Gasteiger partial charge is 0.493 e. The van der Waals surface area contributed by atoms with Gasteiger partial charge in [0.2, 0.25) is 17.7 Å². The van der Waals surface area contributed by atoms with E-state index in [0.29, 0.717) is 48.9 Å². The zero-order chi connectivity index (χ0) is 38.2. The molecule has 2 aliphatic rings. The Morgan fingerprint density at radius 2 is 1.78 bits per heavy atom. The number of piperidine rings is 1. The number of rotatable bonds is 17. The number of nitrogens with zero attached hydrogens (tertiary/aromatic N) is 3. The number of methoxy groups -OCH3 is 1. The van der Waals surface area contributed by atoms with Crippen LogP contribution in [0.1, 0.15) is 104 Å². The Bertz CT molecular complexity index is 2040. The number of carbonyl (C=O) groups is 4. The first-order valence-electron chi connectivity index (χ1n) is 18.6. The molecule has 4 amide bonds. The summed E-state index contributed by atoms with van der Waals surface area (Å²) in [6.07, 6.45) is 6.69. The summed E-state index contributed by atoms with van der Waals surface area (Å²) < 4.78 is 12.9. The molecule has 1 fully saturated rings. The number of fused-ring (bicyclic) bond motifs is 2. The number of anilines is 1. The highest BCUT2D eigenvalue weighted by molar-refractivity contribution is 9.10. The molecule has 0 spiro atoms. The van der Waals surface area contributed by atoms with Gasteiger partial charge >= 0.3 is 0 Å². The first kappa shape index (κ1) is 38.7. The van der Waals surface area contributed by atoms with E-state index in [9.17, 15) is 19.2 Å². The minimum absolute atomic E-state index is 0.0249. The SMILES string of the molecule is COc1cc2c(N[C@H](C)c3cccc(Br)c3)nc(C)nc2cc1OCCCCCCCCC(=O)NCc1cccc2c1CN(C1CCC(=O)NC1=O)C2=O. The maximum Gasteiger partial charge on any atom is 0.255 e. The molecule has 4 aromatic rings. The molecule has 284 valence electrons. The van der Waals surface area contributed by atoms with Gasteiger partial charge in [-0.2, -0.15) is 0 Å². The number of unbranched alkanes of at least 4 members (excludes halogenated alkanes) is 5. The molecule has 1 saturated heterocycles. The van der Waals surface area contributed by atoms with Crippen LogP contribution in [0.4, 0.5) is 5.82 Å². The summed E-state index contributed by atoms with van der Waals surface area (Å²) in [5.74, 6) is 1.69. The molecule has 3 aromatic carbocycles. The van der Waals surface area contributed by atoms with Crippen LogP contribution < -0.4 is 25.4 Å². The van der Waals surface area contributed by atoms with Gasteiger partial charge in [0.15, 0.2) is 11.5 Å². The highest BCUT2D eigenvalue weighted by Crippen LogP contribution is 2.36. The molecule has 1 unspecified atom stereocenters. The van der Waals surface area contributed by atoms with Crippen LogP contribution in [0.2, 0.25) is 0 Å². The third-order valence-electron chi connectivity index (χ3n) is 10.0. The van der Waals surface area contributed by atoms with Crippen LogP contribution in [0.5, 0.6) is 11.5 Å². The molecular formula is C41H47BrN6O6. The molecule has 2 aliphatic heterocycles. The molecule has 2 atom stereocenters. The molecule has 0 saturated carbocycles. The van der Waals surface area contributed by atoms with Crippen molar-refractivity contribution in [1.82, 2.24) is 25.5 Å². The van der Waals surface area contributed by atoms with E-state index in [4.69, 9.17) is 14.5 Å². The number of hydrogen-bond donors (Lipinski definition) is 3. The van der Waals surface area contributed by atoms with Gasteiger partial charge in [-0.3, -0.25) is 24.5 Å². The average Bonchev–Trinajstić information content (AvgIpc) is 3.48. The predicted molar refractivity (Wildman–Crippen MR) is 209 cm³/mol. The van der Waals surface area contributed by atoms with Crippen molar-refractivity contribution in [2.24, 2.45) is 0 Å². The number of carbonyl (C=O) groups excluding carboxylic acids is 4. The monoisotopic (exact) mass is 798 g/mol. The fourth-order valence-corrected chi connectivity index (χ4v) is 7.49. The standard InChI is InChI=1S/C41H47BrN6O6/c1-25(27-12-10-14-29(42)20-27)44-39-31-21-35(53-3)36(22-33(31)45-26(2)46-39)54-19-9-7-5-4-6-8-16-37(49)43-23-28-13-11-15-30-32(28)24-48(41(30)52)34-17-18-38(50)47-40(34)51/h10-15,20-22,25,34H,4-9,16-19,23-24H2,1-3H3,(H,43,49)(H,44,45,46)(H,47,50,51)/t25-,34?/m1/s1. The molecule has 54 heavy (non-hydrogen) atoms. The topological polar surface area (TPSA) is 152 Å². The molecule has 0 radical (unpaired) electrons. The van der Waals surface area contributed by atoms with Crippen molar-refractivity contribution in [2.75, 3.05) is 19.0 Å². The van der Waals surface area contributed by atoms with Gasteiger partial charge in [0.25, 0.3) is 5.91 Å². The number of aromatic nitrogens is 2. The first-order chi connectivity index (χ1) is 26.1. The van der Waals surface area contributed by atoms with Crippen LogP contribution >= 0.6 is 15.9 Å². The van der Waals surface area contributed by atoms with Gasteiger partial charge in [0.1, 0.15) is 17.7 Å². The Kier molecular flexibility index (Phi) is 12.8. The van der Waals surface area contributed by atoms with Crippen molar-refractivity contribution in [2.45, 2.75) is 96.8 Å². The molecular weight excluding hydrogens is 752 g/mol. The summed E-state index contributed by atoms with van der Waals surface area (Å²) in [5.41, 5.74) is 4.15. The summed E-state index contributed by atoms with van der Waals surface area (Å²) in [4.78, 5) is 60.6. The number of nitrogens with one attached hydrogen (secondary N) is 3. The van der Waals surface area contributed by atoms with E-state index >= 15 is 0 Å². The zero-order valence-electron chi connectivity index (χ0n) is 31.0. The van der Waals surface area contributed by atoms with Crippen LogP contribution in [-0.2, 0) is 27.5 Å². The number of halogens is 1. The Morgan fingerprint density at radius 1 is 1.00 bits per heavy atom. The minimum Gasteiger partial charge on any atom is -0.493 e. The molecule has 6 rings (SSSR count). The number of hydrogen-bond acceptors (Lipinski definition) is 9. The van der Waals surface area contributed by atoms with E-state index in [-0.39, 0.29) is 36.7 Å². The number of benzene rings is 3. The fourth-order valence-electron chi connectivity index (χ4n) is 7.07. The van der Waals surface area contributed by atoms with Crippen molar-refractivity contribution in [3.63, 3.8) is 0 Å². The van der Waals surface area contributed by atoms with Crippen molar-refractivity contribution in [3.05, 3.63) is 87.1 Å². The summed E-state index contributed by atoms with van der Waals surface area (Å²) in [6, 6.07) is 16.9. The highest BCUT2D eigenvalue weighted by Gasteiger charge is 2.39. The van der Waals surface area contributed by atoms with Crippen molar-refractivity contribution in [3.8, 4) is 11.5 Å². The lowest BCUT2D eigenvalue weighted by Gasteiger charge is -2.29. The lowest BCUT2D eigenvalue weighted by Crippen LogP contribution is -2.52. The molecule has 0 bridgehead atoms. The second kappa shape index (κ2) is 17.9. The number of ether oxygens (including phenoxy) is 2. The molecule has 3 heterocycles. The Balaban J connectivity index is 0.897. The Hall–Kier alpha value is -5.04. The first-order valence-corrected chi connectivity index (χ1v) is 19.4. The van der Waals surface area contributed by atoms with Gasteiger partial charge < -0.3 is 25.0 Å².